The van der Waals surface area contributed by atoms with Crippen LogP contribution >= 0.6 is 0 Å². The average molecular weight is 849 g/mol. The van der Waals surface area contributed by atoms with Crippen LogP contribution in [0.4, 0.5) is 0 Å². The van der Waals surface area contributed by atoms with Crippen molar-refractivity contribution < 1.29 is 33.0 Å². The second kappa shape index (κ2) is 21.1. The van der Waals surface area contributed by atoms with Gasteiger partial charge in [-0.2, -0.15) is 0 Å². The Hall–Kier alpha value is -1.12. The van der Waals surface area contributed by atoms with Crippen LogP contribution in [0.1, 0.15) is 128 Å². The predicted octanol–water partition coefficient (Wildman–Crippen LogP) is 12.9. The fraction of sp³-hybridized carbons (Fsp3) is 0.809. The Morgan fingerprint density at radius 2 is 1.53 bits per heavy atom. The predicted molar refractivity (Wildman–Crippen MR) is 248 cm³/mol. The number of carbonyl (C=O) groups excluding carboxylic acids is 1. The summed E-state index contributed by atoms with van der Waals surface area (Å²) in [6.45, 7) is 41.8. The smallest absolute Gasteiger partial charge is 0.330 e. The molecule has 2 saturated heterocycles. The molecular weight excluding hydrogens is 761 g/mol. The Bertz CT molecular complexity index is 1400. The largest absolute Gasteiger partial charge is 0.463 e. The summed E-state index contributed by atoms with van der Waals surface area (Å²) in [4.78, 5) is 12.4. The Kier molecular flexibility index (Phi) is 19.3. The van der Waals surface area contributed by atoms with Crippen LogP contribution in [0.5, 0.6) is 0 Å². The number of aliphatic hydroxyl groups is 1. The molecule has 1 N–H and O–H groups in total. The number of esters is 1. The zero-order chi connectivity index (χ0) is 43.7. The first-order valence-electron chi connectivity index (χ1n) is 22.2. The number of carbonyl (C=O) groups is 1. The SMILES string of the molecule is CCCC[C@]1([C@@H](O)/C=C/C(C)=C/C(=O)OCC[Si](C)(C)C)CC[C@]2(CC[C@H](C)[C@@H](C/C=C(C)/C=C/[C@H](O[Si](C)(C)C(C)(C)C)[C@@H](C)CO[Si](C)(C)C(C)(C)C)O2)O1. The van der Waals surface area contributed by atoms with Gasteiger partial charge in [0.25, 0.3) is 0 Å². The summed E-state index contributed by atoms with van der Waals surface area (Å²) >= 11 is 0. The third kappa shape index (κ3) is 16.4. The van der Waals surface area contributed by atoms with Crippen LogP contribution in [0.2, 0.25) is 61.9 Å². The van der Waals surface area contributed by atoms with E-state index in [1.165, 1.54) is 11.6 Å². The lowest BCUT2D eigenvalue weighted by atomic mass is 9.85. The van der Waals surface area contributed by atoms with Gasteiger partial charge in [-0.05, 0) is 93.3 Å². The second-order valence-corrected chi connectivity index (χ2v) is 37.1. The maximum atomic E-state index is 12.4. The molecule has 2 heterocycles. The van der Waals surface area contributed by atoms with Gasteiger partial charge in [-0.25, -0.2) is 4.79 Å². The first-order chi connectivity index (χ1) is 26.0. The van der Waals surface area contributed by atoms with Gasteiger partial charge in [0.15, 0.2) is 22.4 Å². The van der Waals surface area contributed by atoms with Crippen molar-refractivity contribution in [3.8, 4) is 0 Å². The lowest BCUT2D eigenvalue weighted by molar-refractivity contribution is -0.307. The number of ether oxygens (including phenoxy) is 3. The Morgan fingerprint density at radius 1 is 0.912 bits per heavy atom. The Balaban J connectivity index is 2.21. The lowest BCUT2D eigenvalue weighted by Crippen LogP contribution is -2.49. The molecule has 1 spiro atoms. The summed E-state index contributed by atoms with van der Waals surface area (Å²) in [5.74, 6) is -0.428. The highest BCUT2D eigenvalue weighted by atomic mass is 28.4. The molecule has 0 bridgehead atoms. The summed E-state index contributed by atoms with van der Waals surface area (Å²) in [7, 11) is -5.20. The fourth-order valence-corrected chi connectivity index (χ4v) is 9.96. The van der Waals surface area contributed by atoms with E-state index in [4.69, 9.17) is 23.1 Å². The number of hydrogen-bond acceptors (Lipinski definition) is 7. The van der Waals surface area contributed by atoms with Crippen molar-refractivity contribution in [1.29, 1.82) is 0 Å². The summed E-state index contributed by atoms with van der Waals surface area (Å²) in [6.07, 6.45) is 17.9. The summed E-state index contributed by atoms with van der Waals surface area (Å²) in [5, 5.41) is 11.9. The van der Waals surface area contributed by atoms with E-state index >= 15 is 0 Å². The van der Waals surface area contributed by atoms with Crippen molar-refractivity contribution in [2.75, 3.05) is 13.2 Å². The third-order valence-electron chi connectivity index (χ3n) is 13.3. The molecule has 2 rings (SSSR count). The molecule has 0 amide bonds. The van der Waals surface area contributed by atoms with E-state index in [-0.39, 0.29) is 34.2 Å². The molecule has 0 unspecified atom stereocenters. The molecule has 57 heavy (non-hydrogen) atoms. The number of hydrogen-bond donors (Lipinski definition) is 1. The van der Waals surface area contributed by atoms with Gasteiger partial charge in [-0.1, -0.05) is 131 Å². The van der Waals surface area contributed by atoms with E-state index in [2.05, 4.69) is 133 Å². The highest BCUT2D eigenvalue weighted by molar-refractivity contribution is 6.76. The zero-order valence-electron chi connectivity index (χ0n) is 40.0. The molecular formula is C47H88O7Si3. The second-order valence-electron chi connectivity index (χ2n) is 22.0. The van der Waals surface area contributed by atoms with E-state index in [1.54, 1.807) is 6.08 Å². The van der Waals surface area contributed by atoms with Crippen LogP contribution in [-0.2, 0) is 27.9 Å². The van der Waals surface area contributed by atoms with Crippen molar-refractivity contribution >= 4 is 30.7 Å². The maximum absolute atomic E-state index is 12.4. The zero-order valence-corrected chi connectivity index (χ0v) is 43.0. The van der Waals surface area contributed by atoms with Gasteiger partial charge in [0.2, 0.25) is 0 Å². The van der Waals surface area contributed by atoms with Gasteiger partial charge in [-0.3, -0.25) is 0 Å². The molecule has 0 saturated carbocycles. The molecule has 2 fully saturated rings. The van der Waals surface area contributed by atoms with Crippen LogP contribution < -0.4 is 0 Å². The monoisotopic (exact) mass is 849 g/mol. The summed E-state index contributed by atoms with van der Waals surface area (Å²) in [5.41, 5.74) is 1.21. The van der Waals surface area contributed by atoms with Crippen LogP contribution in [0.15, 0.2) is 47.6 Å². The van der Waals surface area contributed by atoms with E-state index in [9.17, 15) is 9.90 Å². The van der Waals surface area contributed by atoms with Gasteiger partial charge in [0.1, 0.15) is 11.7 Å². The molecule has 7 atom stereocenters. The minimum Gasteiger partial charge on any atom is -0.463 e. The number of aliphatic hydroxyl groups excluding tert-OH is 1. The van der Waals surface area contributed by atoms with Crippen LogP contribution in [-0.4, -0.2) is 78.7 Å². The first kappa shape index (κ1) is 52.0. The van der Waals surface area contributed by atoms with Gasteiger partial charge in [0, 0.05) is 39.5 Å². The molecule has 7 nitrogen and oxygen atoms in total. The van der Waals surface area contributed by atoms with E-state index in [0.29, 0.717) is 19.1 Å². The number of unbranched alkanes of at least 4 members (excludes halogenated alkanes) is 1. The molecule has 330 valence electrons. The standard InChI is InChI=1S/C47H88O7Si3/c1-19-20-28-46(42(48)26-23-37(3)34-43(49)50-32-33-55(12,13)14)30-31-47(54-46)29-27-38(4)40(52-47)24-21-36(2)22-25-41(53-57(17,18)45(9,10)11)39(5)35-51-56(15,16)44(6,7)8/h21-23,25-26,34,38-42,48H,19-20,24,27-33,35H2,1-18H3/b25-22+,26-23+,36-21+,37-34+/t38-,39-,40+,41-,42-,46+,47-/m0/s1. The fourth-order valence-electron chi connectivity index (χ4n) is 6.79. The van der Waals surface area contributed by atoms with E-state index < -0.39 is 42.2 Å². The molecule has 0 aliphatic carbocycles. The van der Waals surface area contributed by atoms with Crippen molar-refractivity contribution in [2.45, 2.75) is 219 Å². The van der Waals surface area contributed by atoms with Crippen LogP contribution in [0.3, 0.4) is 0 Å². The lowest BCUT2D eigenvalue weighted by Gasteiger charge is -2.44. The van der Waals surface area contributed by atoms with Crippen molar-refractivity contribution in [3.63, 3.8) is 0 Å². The molecule has 2 aliphatic rings. The van der Waals surface area contributed by atoms with E-state index in [1.807, 2.05) is 13.0 Å². The molecule has 0 aromatic rings. The minimum atomic E-state index is -2.04. The first-order valence-corrected chi connectivity index (χ1v) is 31.8. The molecule has 0 aromatic carbocycles. The minimum absolute atomic E-state index is 0.0186. The van der Waals surface area contributed by atoms with Crippen molar-refractivity contribution in [1.82, 2.24) is 0 Å². The molecule has 0 radical (unpaired) electrons. The quantitative estimate of drug-likeness (QED) is 0.0565. The third-order valence-corrected chi connectivity index (χ3v) is 24.0. The molecule has 10 heteroatoms. The van der Waals surface area contributed by atoms with Gasteiger partial charge in [-0.15, -0.1) is 0 Å². The van der Waals surface area contributed by atoms with Gasteiger partial charge in [0.05, 0.1) is 18.8 Å². The number of rotatable bonds is 20. The Morgan fingerprint density at radius 3 is 2.11 bits per heavy atom. The Labute approximate surface area is 354 Å². The van der Waals surface area contributed by atoms with E-state index in [0.717, 1.165) is 63.0 Å². The average Bonchev–Trinajstić information content (AvgIpc) is 3.44. The molecule has 2 aliphatic heterocycles. The molecule has 0 aromatic heterocycles. The van der Waals surface area contributed by atoms with Crippen LogP contribution in [0, 0.1) is 11.8 Å². The normalized spacial score (nSPS) is 26.4. The highest BCUT2D eigenvalue weighted by Gasteiger charge is 2.55. The van der Waals surface area contributed by atoms with Crippen LogP contribution in [0.25, 0.3) is 0 Å². The highest BCUT2D eigenvalue weighted by Crippen LogP contribution is 2.50. The summed E-state index contributed by atoms with van der Waals surface area (Å²) < 4.78 is 33.1. The maximum Gasteiger partial charge on any atom is 0.330 e. The van der Waals surface area contributed by atoms with Gasteiger partial charge < -0.3 is 28.2 Å². The van der Waals surface area contributed by atoms with Crippen molar-refractivity contribution in [2.24, 2.45) is 11.8 Å². The van der Waals surface area contributed by atoms with Gasteiger partial charge >= 0.3 is 5.97 Å². The topological polar surface area (TPSA) is 83.5 Å². The van der Waals surface area contributed by atoms with Crippen molar-refractivity contribution in [3.05, 3.63) is 47.6 Å². The summed E-state index contributed by atoms with van der Waals surface area (Å²) in [6, 6.07) is 0.939. The number of allylic oxidation sites excluding steroid dienone is 4.